The molecule has 0 bridgehead atoms. The predicted molar refractivity (Wildman–Crippen MR) is 46.0 cm³/mol. The van der Waals surface area contributed by atoms with Gasteiger partial charge in [0.25, 0.3) is 0 Å². The molecule has 2 aromatic rings. The van der Waals surface area contributed by atoms with Crippen molar-refractivity contribution in [3.8, 4) is 0 Å². The molecule has 2 N–H and O–H groups in total. The Labute approximate surface area is 68.8 Å². The molecule has 0 aliphatic heterocycles. The lowest BCUT2D eigenvalue weighted by Crippen LogP contribution is -1.80. The van der Waals surface area contributed by atoms with Gasteiger partial charge in [-0.25, -0.2) is 0 Å². The zero-order valence-electron chi connectivity index (χ0n) is 6.28. The van der Waals surface area contributed by atoms with Crippen LogP contribution in [0.15, 0.2) is 28.7 Å². The average Bonchev–Trinajstić information content (AvgIpc) is 2.46. The number of furan rings is 1. The third kappa shape index (κ3) is 0.955. The summed E-state index contributed by atoms with van der Waals surface area (Å²) >= 11 is 0. The number of nitrogen functional groups attached to an aromatic ring is 1. The van der Waals surface area contributed by atoms with Crippen LogP contribution in [0.4, 0.5) is 5.69 Å². The van der Waals surface area contributed by atoms with E-state index >= 15 is 0 Å². The number of benzene rings is 1. The van der Waals surface area contributed by atoms with E-state index in [1.54, 1.807) is 24.3 Å². The van der Waals surface area contributed by atoms with Crippen molar-refractivity contribution in [2.45, 2.75) is 0 Å². The molecule has 3 nitrogen and oxygen atoms in total. The Kier molecular flexibility index (Phi) is 1.37. The van der Waals surface area contributed by atoms with E-state index in [1.807, 2.05) is 0 Å². The summed E-state index contributed by atoms with van der Waals surface area (Å²) in [7, 11) is 0. The zero-order chi connectivity index (χ0) is 8.55. The molecule has 1 aromatic carbocycles. The molecule has 60 valence electrons. The van der Waals surface area contributed by atoms with Crippen molar-refractivity contribution in [1.82, 2.24) is 0 Å². The minimum atomic E-state index is 0.329. The number of nitrogens with two attached hydrogens (primary N) is 1. The molecular weight excluding hydrogens is 154 g/mol. The molecule has 3 heteroatoms. The van der Waals surface area contributed by atoms with Crippen molar-refractivity contribution in [2.75, 3.05) is 5.73 Å². The van der Waals surface area contributed by atoms with Crippen LogP contribution in [-0.4, -0.2) is 6.29 Å². The highest BCUT2D eigenvalue weighted by Gasteiger charge is 2.01. The lowest BCUT2D eigenvalue weighted by atomic mass is 10.2. The minimum absolute atomic E-state index is 0.329. The van der Waals surface area contributed by atoms with Gasteiger partial charge < -0.3 is 10.2 Å². The molecule has 0 radical (unpaired) electrons. The second-order valence-electron chi connectivity index (χ2n) is 2.56. The Morgan fingerprint density at radius 2 is 2.17 bits per heavy atom. The monoisotopic (exact) mass is 161 g/mol. The summed E-state index contributed by atoms with van der Waals surface area (Å²) in [4.78, 5) is 10.3. The maximum Gasteiger partial charge on any atom is 0.185 e. The highest BCUT2D eigenvalue weighted by Crippen LogP contribution is 2.20. The van der Waals surface area contributed by atoms with Gasteiger partial charge in [0.2, 0.25) is 0 Å². The summed E-state index contributed by atoms with van der Waals surface area (Å²) in [6.07, 6.45) is 0.677. The highest BCUT2D eigenvalue weighted by atomic mass is 16.3. The smallest absolute Gasteiger partial charge is 0.185 e. The van der Waals surface area contributed by atoms with Crippen LogP contribution in [0.25, 0.3) is 11.0 Å². The van der Waals surface area contributed by atoms with E-state index < -0.39 is 0 Å². The molecule has 0 spiro atoms. The van der Waals surface area contributed by atoms with Crippen LogP contribution in [0.2, 0.25) is 0 Å². The van der Waals surface area contributed by atoms with Gasteiger partial charge in [-0.05, 0) is 24.3 Å². The maximum atomic E-state index is 10.3. The molecule has 0 fully saturated rings. The van der Waals surface area contributed by atoms with Crippen molar-refractivity contribution >= 4 is 22.9 Å². The fourth-order valence-electron chi connectivity index (χ4n) is 1.14. The summed E-state index contributed by atoms with van der Waals surface area (Å²) in [6.45, 7) is 0. The number of rotatable bonds is 1. The van der Waals surface area contributed by atoms with Crippen LogP contribution >= 0.6 is 0 Å². The van der Waals surface area contributed by atoms with Crippen molar-refractivity contribution < 1.29 is 9.21 Å². The number of fused-ring (bicyclic) bond motifs is 1. The van der Waals surface area contributed by atoms with E-state index in [-0.39, 0.29) is 0 Å². The number of anilines is 1. The highest BCUT2D eigenvalue weighted by molar-refractivity contribution is 5.86. The quantitative estimate of drug-likeness (QED) is 0.512. The third-order valence-electron chi connectivity index (χ3n) is 1.68. The summed E-state index contributed by atoms with van der Waals surface area (Å²) in [5.41, 5.74) is 6.90. The van der Waals surface area contributed by atoms with E-state index in [2.05, 4.69) is 0 Å². The first-order valence-corrected chi connectivity index (χ1v) is 3.54. The van der Waals surface area contributed by atoms with E-state index in [4.69, 9.17) is 10.2 Å². The van der Waals surface area contributed by atoms with Crippen molar-refractivity contribution in [1.29, 1.82) is 0 Å². The van der Waals surface area contributed by atoms with E-state index in [9.17, 15) is 4.79 Å². The zero-order valence-corrected chi connectivity index (χ0v) is 6.28. The Morgan fingerprint density at radius 3 is 2.92 bits per heavy atom. The number of aldehydes is 1. The molecule has 0 saturated heterocycles. The fraction of sp³-hybridized carbons (Fsp3) is 0. The fourth-order valence-corrected chi connectivity index (χ4v) is 1.14. The van der Waals surface area contributed by atoms with Crippen LogP contribution in [-0.2, 0) is 0 Å². The summed E-state index contributed by atoms with van der Waals surface area (Å²) in [5, 5.41) is 0.858. The van der Waals surface area contributed by atoms with Gasteiger partial charge in [0.05, 0.1) is 0 Å². The van der Waals surface area contributed by atoms with Gasteiger partial charge in [0.1, 0.15) is 5.58 Å². The molecule has 0 aliphatic carbocycles. The van der Waals surface area contributed by atoms with Gasteiger partial charge in [-0.1, -0.05) is 0 Å². The van der Waals surface area contributed by atoms with Gasteiger partial charge in [-0.3, -0.25) is 4.79 Å². The lowest BCUT2D eigenvalue weighted by Gasteiger charge is -1.89. The first-order chi connectivity index (χ1) is 5.79. The largest absolute Gasteiger partial charge is 0.453 e. The van der Waals surface area contributed by atoms with Gasteiger partial charge in [-0.2, -0.15) is 0 Å². The number of hydrogen-bond acceptors (Lipinski definition) is 3. The lowest BCUT2D eigenvalue weighted by molar-refractivity contribution is 0.110. The van der Waals surface area contributed by atoms with Gasteiger partial charge >= 0.3 is 0 Å². The predicted octanol–water partition coefficient (Wildman–Crippen LogP) is 1.83. The Balaban J connectivity index is 2.75. The number of carbonyl (C=O) groups excluding carboxylic acids is 1. The number of hydrogen-bond donors (Lipinski definition) is 1. The van der Waals surface area contributed by atoms with Crippen LogP contribution < -0.4 is 5.73 Å². The molecule has 1 aromatic heterocycles. The molecular formula is C9H7NO2. The second kappa shape index (κ2) is 2.37. The Hall–Kier alpha value is -1.77. The molecule has 0 aliphatic rings. The maximum absolute atomic E-state index is 10.3. The first-order valence-electron chi connectivity index (χ1n) is 3.54. The average molecular weight is 161 g/mol. The first kappa shape index (κ1) is 6.91. The van der Waals surface area contributed by atoms with Gasteiger partial charge in [-0.15, -0.1) is 0 Å². The normalized spacial score (nSPS) is 10.3. The Bertz CT molecular complexity index is 431. The molecule has 0 amide bonds. The summed E-state index contributed by atoms with van der Waals surface area (Å²) in [5.74, 6) is 0.329. The molecule has 0 atom stereocenters. The second-order valence-corrected chi connectivity index (χ2v) is 2.56. The standard InChI is InChI=1S/C9H7NO2/c10-7-1-2-9-6(3-7)4-8(5-11)12-9/h1-5H,10H2. The van der Waals surface area contributed by atoms with Crippen LogP contribution in [0.1, 0.15) is 10.6 Å². The van der Waals surface area contributed by atoms with Crippen LogP contribution in [0.5, 0.6) is 0 Å². The van der Waals surface area contributed by atoms with E-state index in [0.29, 0.717) is 23.3 Å². The van der Waals surface area contributed by atoms with Crippen LogP contribution in [0.3, 0.4) is 0 Å². The van der Waals surface area contributed by atoms with E-state index in [1.165, 1.54) is 0 Å². The van der Waals surface area contributed by atoms with Crippen molar-refractivity contribution in [3.63, 3.8) is 0 Å². The number of carbonyl (C=O) groups is 1. The molecule has 2 rings (SSSR count). The topological polar surface area (TPSA) is 56.2 Å². The molecule has 0 unspecified atom stereocenters. The van der Waals surface area contributed by atoms with Crippen LogP contribution in [0, 0.1) is 0 Å². The molecule has 12 heavy (non-hydrogen) atoms. The van der Waals surface area contributed by atoms with Crippen molar-refractivity contribution in [3.05, 3.63) is 30.0 Å². The minimum Gasteiger partial charge on any atom is -0.453 e. The van der Waals surface area contributed by atoms with Gasteiger partial charge in [0.15, 0.2) is 12.0 Å². The van der Waals surface area contributed by atoms with Gasteiger partial charge in [0, 0.05) is 11.1 Å². The SMILES string of the molecule is Nc1ccc2oc(C=O)cc2c1. The third-order valence-corrected chi connectivity index (χ3v) is 1.68. The van der Waals surface area contributed by atoms with E-state index in [0.717, 1.165) is 5.39 Å². The Morgan fingerprint density at radius 1 is 1.33 bits per heavy atom. The summed E-state index contributed by atoms with van der Waals surface area (Å²) in [6, 6.07) is 6.92. The van der Waals surface area contributed by atoms with Crippen molar-refractivity contribution in [2.24, 2.45) is 0 Å². The molecule has 0 saturated carbocycles. The summed E-state index contributed by atoms with van der Waals surface area (Å²) < 4.78 is 5.15. The molecule has 1 heterocycles.